The first-order valence-electron chi connectivity index (χ1n) is 6.15. The van der Waals surface area contributed by atoms with Gasteiger partial charge in [-0.1, -0.05) is 12.1 Å². The molecule has 0 amide bonds. The number of phenolic OH excluding ortho intramolecular Hbond substituents is 1. The Morgan fingerprint density at radius 2 is 1.85 bits per heavy atom. The molecule has 5 heteroatoms. The van der Waals surface area contributed by atoms with Crippen LogP contribution in [-0.2, 0) is 6.54 Å². The SMILES string of the molecule is O=[N+]([O-])c1ccc2c(ccn2Cc2ccc(O)cc2)c1. The van der Waals surface area contributed by atoms with Gasteiger partial charge < -0.3 is 9.67 Å². The molecule has 20 heavy (non-hydrogen) atoms. The quantitative estimate of drug-likeness (QED) is 0.585. The normalized spacial score (nSPS) is 10.8. The molecule has 0 saturated carbocycles. The molecule has 2 aromatic carbocycles. The van der Waals surface area contributed by atoms with E-state index in [-0.39, 0.29) is 11.4 Å². The van der Waals surface area contributed by atoms with Crippen LogP contribution < -0.4 is 0 Å². The second kappa shape index (κ2) is 4.70. The van der Waals surface area contributed by atoms with E-state index in [1.807, 2.05) is 29.0 Å². The molecule has 3 aromatic rings. The lowest BCUT2D eigenvalue weighted by Gasteiger charge is -2.06. The van der Waals surface area contributed by atoms with Gasteiger partial charge in [0.15, 0.2) is 0 Å². The van der Waals surface area contributed by atoms with Gasteiger partial charge in [-0.25, -0.2) is 0 Å². The summed E-state index contributed by atoms with van der Waals surface area (Å²) in [7, 11) is 0. The fraction of sp³-hybridized carbons (Fsp3) is 0.0667. The largest absolute Gasteiger partial charge is 0.508 e. The van der Waals surface area contributed by atoms with Gasteiger partial charge in [0.25, 0.3) is 5.69 Å². The number of fused-ring (bicyclic) bond motifs is 1. The van der Waals surface area contributed by atoms with E-state index < -0.39 is 4.92 Å². The summed E-state index contributed by atoms with van der Waals surface area (Å²) in [4.78, 5) is 10.4. The summed E-state index contributed by atoms with van der Waals surface area (Å²) in [6, 6.07) is 13.7. The zero-order chi connectivity index (χ0) is 14.1. The van der Waals surface area contributed by atoms with Gasteiger partial charge in [0.05, 0.1) is 4.92 Å². The number of non-ortho nitro benzene ring substituents is 1. The molecule has 1 aromatic heterocycles. The van der Waals surface area contributed by atoms with Crippen molar-refractivity contribution < 1.29 is 10.0 Å². The first-order chi connectivity index (χ1) is 9.63. The number of rotatable bonds is 3. The molecule has 1 N–H and O–H groups in total. The van der Waals surface area contributed by atoms with Gasteiger partial charge >= 0.3 is 0 Å². The minimum Gasteiger partial charge on any atom is -0.508 e. The van der Waals surface area contributed by atoms with E-state index in [1.54, 1.807) is 24.3 Å². The van der Waals surface area contributed by atoms with Crippen molar-refractivity contribution in [2.45, 2.75) is 6.54 Å². The van der Waals surface area contributed by atoms with Gasteiger partial charge in [-0.15, -0.1) is 0 Å². The fourth-order valence-corrected chi connectivity index (χ4v) is 2.24. The third kappa shape index (κ3) is 2.21. The molecule has 0 atom stereocenters. The van der Waals surface area contributed by atoms with Gasteiger partial charge in [0.2, 0.25) is 0 Å². The Morgan fingerprint density at radius 1 is 1.10 bits per heavy atom. The molecular weight excluding hydrogens is 256 g/mol. The predicted molar refractivity (Wildman–Crippen MR) is 75.8 cm³/mol. The number of phenols is 1. The standard InChI is InChI=1S/C15H12N2O3/c18-14-4-1-11(2-5-14)10-16-8-7-12-9-13(17(19)20)3-6-15(12)16/h1-9,18H,10H2. The lowest BCUT2D eigenvalue weighted by molar-refractivity contribution is -0.384. The van der Waals surface area contributed by atoms with E-state index in [1.165, 1.54) is 6.07 Å². The summed E-state index contributed by atoms with van der Waals surface area (Å²) < 4.78 is 2.02. The maximum Gasteiger partial charge on any atom is 0.270 e. The highest BCUT2D eigenvalue weighted by atomic mass is 16.6. The third-order valence-electron chi connectivity index (χ3n) is 3.25. The monoisotopic (exact) mass is 268 g/mol. The van der Waals surface area contributed by atoms with Crippen LogP contribution in [-0.4, -0.2) is 14.6 Å². The number of nitro benzene ring substituents is 1. The van der Waals surface area contributed by atoms with Crippen LogP contribution in [0.2, 0.25) is 0 Å². The van der Waals surface area contributed by atoms with E-state index in [2.05, 4.69) is 0 Å². The summed E-state index contributed by atoms with van der Waals surface area (Å²) in [5.74, 6) is 0.238. The first-order valence-corrected chi connectivity index (χ1v) is 6.15. The highest BCUT2D eigenvalue weighted by molar-refractivity contribution is 5.82. The summed E-state index contributed by atoms with van der Waals surface area (Å²) in [5, 5.41) is 20.9. The molecule has 0 spiro atoms. The van der Waals surface area contributed by atoms with Crippen molar-refractivity contribution in [1.82, 2.24) is 4.57 Å². The Kier molecular flexibility index (Phi) is 2.87. The van der Waals surface area contributed by atoms with Gasteiger partial charge in [-0.05, 0) is 29.8 Å². The first kappa shape index (κ1) is 12.2. The van der Waals surface area contributed by atoms with Gasteiger partial charge in [0, 0.05) is 35.8 Å². The summed E-state index contributed by atoms with van der Waals surface area (Å²) in [5.41, 5.74) is 2.10. The fourth-order valence-electron chi connectivity index (χ4n) is 2.24. The smallest absolute Gasteiger partial charge is 0.270 e. The predicted octanol–water partition coefficient (Wildman–Crippen LogP) is 3.30. The van der Waals surface area contributed by atoms with Crippen LogP contribution in [0.25, 0.3) is 10.9 Å². The Labute approximate surface area is 114 Å². The topological polar surface area (TPSA) is 68.3 Å². The van der Waals surface area contributed by atoms with Gasteiger partial charge in [-0.3, -0.25) is 10.1 Å². The third-order valence-corrected chi connectivity index (χ3v) is 3.25. The number of aromatic hydroxyl groups is 1. The van der Waals surface area contributed by atoms with Crippen LogP contribution in [0.15, 0.2) is 54.7 Å². The minimum absolute atomic E-state index is 0.0971. The number of aromatic nitrogens is 1. The summed E-state index contributed by atoms with van der Waals surface area (Å²) in [6.45, 7) is 0.654. The van der Waals surface area contributed by atoms with Crippen LogP contribution in [0.1, 0.15) is 5.56 Å². The van der Waals surface area contributed by atoms with Gasteiger partial charge in [0.1, 0.15) is 5.75 Å². The van der Waals surface area contributed by atoms with Crippen molar-refractivity contribution in [3.8, 4) is 5.75 Å². The number of hydrogen-bond donors (Lipinski definition) is 1. The van der Waals surface area contributed by atoms with Crippen LogP contribution in [0, 0.1) is 10.1 Å². The number of hydrogen-bond acceptors (Lipinski definition) is 3. The van der Waals surface area contributed by atoms with Crippen LogP contribution in [0.4, 0.5) is 5.69 Å². The molecule has 1 heterocycles. The Balaban J connectivity index is 1.96. The van der Waals surface area contributed by atoms with Crippen molar-refractivity contribution in [3.05, 3.63) is 70.4 Å². The van der Waals surface area contributed by atoms with Crippen LogP contribution >= 0.6 is 0 Å². The molecule has 5 nitrogen and oxygen atoms in total. The zero-order valence-electron chi connectivity index (χ0n) is 10.6. The molecule has 0 aliphatic carbocycles. The lowest BCUT2D eigenvalue weighted by atomic mass is 10.2. The van der Waals surface area contributed by atoms with E-state index in [0.29, 0.717) is 6.54 Å². The molecule has 0 fully saturated rings. The van der Waals surface area contributed by atoms with Crippen molar-refractivity contribution >= 4 is 16.6 Å². The number of nitro groups is 1. The second-order valence-electron chi connectivity index (χ2n) is 4.61. The van der Waals surface area contributed by atoms with Gasteiger partial charge in [-0.2, -0.15) is 0 Å². The zero-order valence-corrected chi connectivity index (χ0v) is 10.6. The summed E-state index contributed by atoms with van der Waals surface area (Å²) >= 11 is 0. The Hall–Kier alpha value is -2.82. The molecule has 100 valence electrons. The molecule has 3 rings (SSSR count). The lowest BCUT2D eigenvalue weighted by Crippen LogP contribution is -1.97. The molecule has 0 aliphatic heterocycles. The number of benzene rings is 2. The van der Waals surface area contributed by atoms with E-state index in [4.69, 9.17) is 0 Å². The highest BCUT2D eigenvalue weighted by Crippen LogP contribution is 2.23. The molecule has 0 bridgehead atoms. The minimum atomic E-state index is -0.392. The Morgan fingerprint density at radius 3 is 2.55 bits per heavy atom. The van der Waals surface area contributed by atoms with Crippen LogP contribution in [0.5, 0.6) is 5.75 Å². The molecule has 0 aliphatic rings. The summed E-state index contributed by atoms with van der Waals surface area (Å²) in [6.07, 6.45) is 1.90. The van der Waals surface area contributed by atoms with Crippen molar-refractivity contribution in [3.63, 3.8) is 0 Å². The van der Waals surface area contributed by atoms with E-state index >= 15 is 0 Å². The molecule has 0 radical (unpaired) electrons. The van der Waals surface area contributed by atoms with Crippen molar-refractivity contribution in [2.24, 2.45) is 0 Å². The van der Waals surface area contributed by atoms with Crippen molar-refractivity contribution in [1.29, 1.82) is 0 Å². The molecular formula is C15H12N2O3. The maximum absolute atomic E-state index is 10.7. The average Bonchev–Trinajstić information content (AvgIpc) is 2.84. The Bertz CT molecular complexity index is 775. The molecule has 0 saturated heterocycles. The average molecular weight is 268 g/mol. The maximum atomic E-state index is 10.7. The number of nitrogens with zero attached hydrogens (tertiary/aromatic N) is 2. The van der Waals surface area contributed by atoms with E-state index in [9.17, 15) is 15.2 Å². The van der Waals surface area contributed by atoms with E-state index in [0.717, 1.165) is 16.5 Å². The highest BCUT2D eigenvalue weighted by Gasteiger charge is 2.08. The molecule has 0 unspecified atom stereocenters. The van der Waals surface area contributed by atoms with Crippen molar-refractivity contribution in [2.75, 3.05) is 0 Å². The second-order valence-corrected chi connectivity index (χ2v) is 4.61. The van der Waals surface area contributed by atoms with Crippen LogP contribution in [0.3, 0.4) is 0 Å².